The molecule has 2 heterocycles. The Morgan fingerprint density at radius 3 is 2.68 bits per heavy atom. The van der Waals surface area contributed by atoms with Crippen LogP contribution in [-0.4, -0.2) is 24.9 Å². The molecule has 2 aromatic carbocycles. The first kappa shape index (κ1) is 16.6. The lowest BCUT2D eigenvalue weighted by Gasteiger charge is -2.25. The highest BCUT2D eigenvalue weighted by molar-refractivity contribution is 5.98. The van der Waals surface area contributed by atoms with Gasteiger partial charge in [0.25, 0.3) is 0 Å². The van der Waals surface area contributed by atoms with Crippen molar-refractivity contribution in [2.75, 3.05) is 11.5 Å². The number of nitrogens with zero attached hydrogens (tertiary/aromatic N) is 4. The average Bonchev–Trinajstić information content (AvgIpc) is 3.11. The molecule has 1 aliphatic carbocycles. The molecule has 0 fully saturated rings. The van der Waals surface area contributed by atoms with E-state index in [1.807, 2.05) is 10.7 Å². The Labute approximate surface area is 161 Å². The molecular formula is C21H20N6O. The number of phenols is 1. The molecule has 0 saturated heterocycles. The maximum absolute atomic E-state index is 10.0. The van der Waals surface area contributed by atoms with E-state index in [9.17, 15) is 5.11 Å². The van der Waals surface area contributed by atoms with Gasteiger partial charge in [0, 0.05) is 5.56 Å². The summed E-state index contributed by atoms with van der Waals surface area (Å²) in [6.07, 6.45) is 4.34. The number of hydrogen-bond acceptors (Lipinski definition) is 6. The van der Waals surface area contributed by atoms with Gasteiger partial charge in [-0.25, -0.2) is 14.6 Å². The highest BCUT2D eigenvalue weighted by Gasteiger charge is 2.25. The summed E-state index contributed by atoms with van der Waals surface area (Å²) in [5.74, 6) is 0.390. The van der Waals surface area contributed by atoms with E-state index < -0.39 is 0 Å². The van der Waals surface area contributed by atoms with Crippen LogP contribution in [0.5, 0.6) is 5.75 Å². The predicted octanol–water partition coefficient (Wildman–Crippen LogP) is 3.09. The van der Waals surface area contributed by atoms with Gasteiger partial charge in [0.05, 0.1) is 17.1 Å². The molecule has 0 saturated carbocycles. The van der Waals surface area contributed by atoms with Gasteiger partial charge in [0.2, 0.25) is 0 Å². The number of nitrogen functional groups attached to an aromatic ring is 2. The lowest BCUT2D eigenvalue weighted by atomic mass is 9.88. The molecule has 140 valence electrons. The first-order valence-corrected chi connectivity index (χ1v) is 9.26. The monoisotopic (exact) mass is 372 g/mol. The van der Waals surface area contributed by atoms with Crippen molar-refractivity contribution in [3.05, 3.63) is 59.9 Å². The van der Waals surface area contributed by atoms with Crippen molar-refractivity contribution >= 4 is 22.5 Å². The smallest absolute Gasteiger partial charge is 0.164 e. The maximum Gasteiger partial charge on any atom is 0.164 e. The normalized spacial score (nSPS) is 16.2. The highest BCUT2D eigenvalue weighted by atomic mass is 16.3. The summed E-state index contributed by atoms with van der Waals surface area (Å²) in [5, 5.41) is 15.6. The summed E-state index contributed by atoms with van der Waals surface area (Å²) in [4.78, 5) is 8.64. The van der Waals surface area contributed by atoms with Crippen molar-refractivity contribution in [2.24, 2.45) is 0 Å². The van der Waals surface area contributed by atoms with Gasteiger partial charge in [0.15, 0.2) is 5.65 Å². The SMILES string of the molecule is Nc1ccc(-c2nn(C3CCc4ccccc4C3)c3ncnc(N)c23)cc1O. The van der Waals surface area contributed by atoms with Crippen molar-refractivity contribution in [1.29, 1.82) is 0 Å². The van der Waals surface area contributed by atoms with Gasteiger partial charge >= 0.3 is 0 Å². The molecule has 0 bridgehead atoms. The fraction of sp³-hybridized carbons (Fsp3) is 0.190. The van der Waals surface area contributed by atoms with Crippen LogP contribution in [0.4, 0.5) is 11.5 Å². The van der Waals surface area contributed by atoms with Gasteiger partial charge in [-0.3, -0.25) is 0 Å². The van der Waals surface area contributed by atoms with Crippen LogP contribution in [0.3, 0.4) is 0 Å². The maximum atomic E-state index is 10.0. The van der Waals surface area contributed by atoms with E-state index in [2.05, 4.69) is 34.2 Å². The van der Waals surface area contributed by atoms with Gasteiger partial charge < -0.3 is 16.6 Å². The molecule has 0 radical (unpaired) electrons. The second-order valence-corrected chi connectivity index (χ2v) is 7.19. The minimum atomic E-state index is 0.0159. The fourth-order valence-electron chi connectivity index (χ4n) is 4.03. The number of fused-ring (bicyclic) bond motifs is 2. The molecule has 7 nitrogen and oxygen atoms in total. The van der Waals surface area contributed by atoms with Crippen LogP contribution in [-0.2, 0) is 12.8 Å². The van der Waals surface area contributed by atoms with E-state index in [1.165, 1.54) is 17.5 Å². The molecule has 2 aromatic heterocycles. The molecule has 0 amide bonds. The molecule has 1 atom stereocenters. The van der Waals surface area contributed by atoms with Crippen molar-refractivity contribution in [3.63, 3.8) is 0 Å². The second-order valence-electron chi connectivity index (χ2n) is 7.19. The molecule has 0 spiro atoms. The van der Waals surface area contributed by atoms with Crippen molar-refractivity contribution in [1.82, 2.24) is 19.7 Å². The first-order valence-electron chi connectivity index (χ1n) is 9.26. The fourth-order valence-corrected chi connectivity index (χ4v) is 4.03. The number of aromatic nitrogens is 4. The minimum absolute atomic E-state index is 0.0159. The molecule has 7 heteroatoms. The van der Waals surface area contributed by atoms with Crippen LogP contribution in [0, 0.1) is 0 Å². The Balaban J connectivity index is 1.67. The van der Waals surface area contributed by atoms with E-state index in [-0.39, 0.29) is 11.8 Å². The summed E-state index contributed by atoms with van der Waals surface area (Å²) in [6, 6.07) is 13.8. The van der Waals surface area contributed by atoms with Crippen LogP contribution in [0.1, 0.15) is 23.6 Å². The van der Waals surface area contributed by atoms with Gasteiger partial charge in [-0.1, -0.05) is 30.3 Å². The zero-order chi connectivity index (χ0) is 19.3. The summed E-state index contributed by atoms with van der Waals surface area (Å²) >= 11 is 0. The summed E-state index contributed by atoms with van der Waals surface area (Å²) < 4.78 is 1.96. The van der Waals surface area contributed by atoms with E-state index in [0.717, 1.165) is 24.8 Å². The van der Waals surface area contributed by atoms with Crippen LogP contribution in [0.15, 0.2) is 48.8 Å². The van der Waals surface area contributed by atoms with Gasteiger partial charge in [-0.15, -0.1) is 0 Å². The Morgan fingerprint density at radius 2 is 1.86 bits per heavy atom. The van der Waals surface area contributed by atoms with E-state index in [4.69, 9.17) is 16.6 Å². The quantitative estimate of drug-likeness (QED) is 0.368. The Hall–Kier alpha value is -3.61. The van der Waals surface area contributed by atoms with Crippen LogP contribution < -0.4 is 11.5 Å². The number of nitrogens with two attached hydrogens (primary N) is 2. The third-order valence-electron chi connectivity index (χ3n) is 5.49. The number of aryl methyl sites for hydroxylation is 1. The molecule has 28 heavy (non-hydrogen) atoms. The standard InChI is InChI=1S/C21H20N6O/c22-16-8-6-14(10-17(16)28)19-18-20(23)24-11-25-21(18)27(26-19)15-7-5-12-3-1-2-4-13(12)9-15/h1-4,6,8,10-11,15,28H,5,7,9,22H2,(H2,23,24,25). The average molecular weight is 372 g/mol. The van der Waals surface area contributed by atoms with Crippen LogP contribution >= 0.6 is 0 Å². The van der Waals surface area contributed by atoms with Gasteiger partial charge in [0.1, 0.15) is 23.6 Å². The zero-order valence-corrected chi connectivity index (χ0v) is 15.2. The van der Waals surface area contributed by atoms with Crippen LogP contribution in [0.2, 0.25) is 0 Å². The number of anilines is 2. The van der Waals surface area contributed by atoms with Crippen molar-refractivity contribution in [2.45, 2.75) is 25.3 Å². The first-order chi connectivity index (χ1) is 13.6. The number of aromatic hydroxyl groups is 1. The zero-order valence-electron chi connectivity index (χ0n) is 15.2. The van der Waals surface area contributed by atoms with E-state index in [1.54, 1.807) is 12.1 Å². The summed E-state index contributed by atoms with van der Waals surface area (Å²) in [5.41, 5.74) is 17.1. The lowest BCUT2D eigenvalue weighted by Crippen LogP contribution is -2.20. The largest absolute Gasteiger partial charge is 0.506 e. The Morgan fingerprint density at radius 1 is 1.04 bits per heavy atom. The molecule has 1 unspecified atom stereocenters. The Bertz CT molecular complexity index is 1200. The van der Waals surface area contributed by atoms with Crippen LogP contribution in [0.25, 0.3) is 22.3 Å². The third-order valence-corrected chi connectivity index (χ3v) is 5.49. The molecule has 4 aromatic rings. The van der Waals surface area contributed by atoms with Crippen molar-refractivity contribution < 1.29 is 5.11 Å². The van der Waals surface area contributed by atoms with Crippen molar-refractivity contribution in [3.8, 4) is 17.0 Å². The molecule has 5 rings (SSSR count). The van der Waals surface area contributed by atoms with Gasteiger partial charge in [-0.05, 0) is 42.5 Å². The number of hydrogen-bond donors (Lipinski definition) is 3. The number of phenolic OH excluding ortho intramolecular Hbond substituents is 1. The molecule has 0 aliphatic heterocycles. The Kier molecular flexibility index (Phi) is 3.68. The number of benzene rings is 2. The number of rotatable bonds is 2. The summed E-state index contributed by atoms with van der Waals surface area (Å²) in [6.45, 7) is 0. The molecule has 5 N–H and O–H groups in total. The molecular weight excluding hydrogens is 352 g/mol. The lowest BCUT2D eigenvalue weighted by molar-refractivity contribution is 0.415. The predicted molar refractivity (Wildman–Crippen MR) is 109 cm³/mol. The summed E-state index contributed by atoms with van der Waals surface area (Å²) in [7, 11) is 0. The van der Waals surface area contributed by atoms with Gasteiger partial charge in [-0.2, -0.15) is 5.10 Å². The third kappa shape index (κ3) is 2.55. The topological polar surface area (TPSA) is 116 Å². The highest BCUT2D eigenvalue weighted by Crippen LogP contribution is 2.37. The van der Waals surface area contributed by atoms with E-state index in [0.29, 0.717) is 28.2 Å². The molecule has 1 aliphatic rings. The van der Waals surface area contributed by atoms with E-state index >= 15 is 0 Å². The second kappa shape index (κ2) is 6.23. The minimum Gasteiger partial charge on any atom is -0.506 e.